The molecule has 21 heavy (non-hydrogen) atoms. The van der Waals surface area contributed by atoms with Gasteiger partial charge in [0.1, 0.15) is 5.75 Å². The maximum atomic E-state index is 11.4. The molecule has 0 saturated heterocycles. The summed E-state index contributed by atoms with van der Waals surface area (Å²) in [5.74, 6) is 0.273. The second kappa shape index (κ2) is 9.76. The Balaban J connectivity index is 2.50. The van der Waals surface area contributed by atoms with E-state index in [0.717, 1.165) is 16.6 Å². The number of halogens is 1. The van der Waals surface area contributed by atoms with Gasteiger partial charge in [0.25, 0.3) is 0 Å². The van der Waals surface area contributed by atoms with Crippen LogP contribution in [0.1, 0.15) is 19.4 Å². The summed E-state index contributed by atoms with van der Waals surface area (Å²) in [7, 11) is 1.67. The third-order valence-electron chi connectivity index (χ3n) is 2.54. The summed E-state index contributed by atoms with van der Waals surface area (Å²) in [6.07, 6.45) is -0.133. The average molecular weight is 360 g/mol. The molecule has 0 aliphatic carbocycles. The average Bonchev–Trinajstić information content (AvgIpc) is 2.43. The van der Waals surface area contributed by atoms with Gasteiger partial charge in [-0.25, -0.2) is 4.79 Å². The van der Waals surface area contributed by atoms with Gasteiger partial charge >= 0.3 is 5.97 Å². The topological polar surface area (TPSA) is 56.8 Å². The minimum Gasteiger partial charge on any atom is -0.482 e. The fraction of sp³-hybridized carbons (Fsp3) is 0.533. The molecule has 0 aliphatic heterocycles. The summed E-state index contributed by atoms with van der Waals surface area (Å²) >= 11 is 3.49. The summed E-state index contributed by atoms with van der Waals surface area (Å²) in [6.45, 7) is 5.65. The van der Waals surface area contributed by atoms with Gasteiger partial charge in [-0.1, -0.05) is 15.9 Å². The number of hydrogen-bond acceptors (Lipinski definition) is 5. The smallest absolute Gasteiger partial charge is 0.344 e. The van der Waals surface area contributed by atoms with E-state index >= 15 is 0 Å². The van der Waals surface area contributed by atoms with Crippen molar-refractivity contribution in [1.29, 1.82) is 0 Å². The van der Waals surface area contributed by atoms with Crippen LogP contribution in [0.5, 0.6) is 5.75 Å². The molecule has 1 rings (SSSR count). The van der Waals surface area contributed by atoms with Crippen LogP contribution >= 0.6 is 15.9 Å². The van der Waals surface area contributed by atoms with Crippen molar-refractivity contribution in [3.8, 4) is 5.75 Å². The highest BCUT2D eigenvalue weighted by Gasteiger charge is 2.08. The van der Waals surface area contributed by atoms with Gasteiger partial charge in [-0.3, -0.25) is 0 Å². The van der Waals surface area contributed by atoms with E-state index in [1.165, 1.54) is 0 Å². The van der Waals surface area contributed by atoms with Crippen LogP contribution in [0.3, 0.4) is 0 Å². The fourth-order valence-electron chi connectivity index (χ4n) is 1.61. The van der Waals surface area contributed by atoms with Crippen LogP contribution in [0.2, 0.25) is 0 Å². The molecule has 0 aromatic heterocycles. The lowest BCUT2D eigenvalue weighted by Gasteiger charge is -2.11. The highest BCUT2D eigenvalue weighted by Crippen LogP contribution is 2.22. The Bertz CT molecular complexity index is 451. The third kappa shape index (κ3) is 7.45. The van der Waals surface area contributed by atoms with Crippen LogP contribution in [0.4, 0.5) is 0 Å². The first-order chi connectivity index (χ1) is 10.0. The Morgan fingerprint density at radius 3 is 2.81 bits per heavy atom. The molecule has 0 aliphatic rings. The Kier molecular flexibility index (Phi) is 8.34. The molecule has 1 N–H and O–H groups in total. The molecule has 0 spiro atoms. The Hall–Kier alpha value is -1.11. The minimum atomic E-state index is -0.368. The number of esters is 1. The first kappa shape index (κ1) is 17.9. The van der Waals surface area contributed by atoms with E-state index in [1.807, 2.05) is 18.2 Å². The molecule has 0 amide bonds. The van der Waals surface area contributed by atoms with Gasteiger partial charge < -0.3 is 19.5 Å². The minimum absolute atomic E-state index is 0.0869. The van der Waals surface area contributed by atoms with Crippen molar-refractivity contribution in [2.45, 2.75) is 26.5 Å². The highest BCUT2D eigenvalue weighted by atomic mass is 79.9. The van der Waals surface area contributed by atoms with E-state index in [-0.39, 0.29) is 18.7 Å². The zero-order valence-electron chi connectivity index (χ0n) is 12.6. The van der Waals surface area contributed by atoms with E-state index < -0.39 is 0 Å². The van der Waals surface area contributed by atoms with E-state index in [1.54, 1.807) is 21.0 Å². The number of benzene rings is 1. The zero-order chi connectivity index (χ0) is 15.7. The summed E-state index contributed by atoms with van der Waals surface area (Å²) < 4.78 is 16.4. The Morgan fingerprint density at radius 1 is 1.38 bits per heavy atom. The van der Waals surface area contributed by atoms with E-state index in [2.05, 4.69) is 21.2 Å². The van der Waals surface area contributed by atoms with Gasteiger partial charge in [0.05, 0.1) is 12.7 Å². The van der Waals surface area contributed by atoms with Gasteiger partial charge in [0.15, 0.2) is 6.61 Å². The standard InChI is InChI=1S/C15H22BrNO4/c1-11(2)21-15(18)10-20-13-4-5-14(16)12(8-13)9-17-6-7-19-3/h4-5,8,11,17H,6-7,9-10H2,1-3H3. The van der Waals surface area contributed by atoms with Gasteiger partial charge in [-0.2, -0.15) is 0 Å². The van der Waals surface area contributed by atoms with Crippen molar-refractivity contribution in [3.05, 3.63) is 28.2 Å². The van der Waals surface area contributed by atoms with Crippen molar-refractivity contribution in [3.63, 3.8) is 0 Å². The second-order valence-corrected chi connectivity index (χ2v) is 5.60. The van der Waals surface area contributed by atoms with Gasteiger partial charge in [-0.15, -0.1) is 0 Å². The van der Waals surface area contributed by atoms with Crippen molar-refractivity contribution in [2.24, 2.45) is 0 Å². The Labute approximate surface area is 134 Å². The van der Waals surface area contributed by atoms with E-state index in [9.17, 15) is 4.79 Å². The quantitative estimate of drug-likeness (QED) is 0.542. The molecule has 0 atom stereocenters. The summed E-state index contributed by atoms with van der Waals surface area (Å²) in [5.41, 5.74) is 1.06. The number of carbonyl (C=O) groups is 1. The third-order valence-corrected chi connectivity index (χ3v) is 3.31. The lowest BCUT2D eigenvalue weighted by molar-refractivity contribution is -0.149. The molecule has 0 unspecified atom stereocenters. The molecule has 0 bridgehead atoms. The number of hydrogen-bond donors (Lipinski definition) is 1. The van der Waals surface area contributed by atoms with Gasteiger partial charge in [0.2, 0.25) is 0 Å². The molecule has 118 valence electrons. The molecule has 1 aromatic carbocycles. The predicted molar refractivity (Wildman–Crippen MR) is 84.4 cm³/mol. The fourth-order valence-corrected chi connectivity index (χ4v) is 2.00. The van der Waals surface area contributed by atoms with Crippen molar-refractivity contribution >= 4 is 21.9 Å². The SMILES string of the molecule is COCCNCc1cc(OCC(=O)OC(C)C)ccc1Br. The lowest BCUT2D eigenvalue weighted by Crippen LogP contribution is -2.19. The number of methoxy groups -OCH3 is 1. The number of rotatable bonds is 9. The summed E-state index contributed by atoms with van der Waals surface area (Å²) in [4.78, 5) is 11.4. The van der Waals surface area contributed by atoms with Gasteiger partial charge in [-0.05, 0) is 37.6 Å². The number of carbonyl (C=O) groups excluding carboxylic acids is 1. The molecular weight excluding hydrogens is 338 g/mol. The number of ether oxygens (including phenoxy) is 3. The van der Waals surface area contributed by atoms with Crippen LogP contribution in [-0.2, 0) is 20.8 Å². The normalized spacial score (nSPS) is 10.7. The molecule has 0 radical (unpaired) electrons. The molecule has 6 heteroatoms. The number of nitrogens with one attached hydrogen (secondary N) is 1. The molecular formula is C15H22BrNO4. The molecule has 0 heterocycles. The molecule has 0 fully saturated rings. The van der Waals surface area contributed by atoms with Crippen molar-refractivity contribution < 1.29 is 19.0 Å². The van der Waals surface area contributed by atoms with Crippen LogP contribution in [0.25, 0.3) is 0 Å². The zero-order valence-corrected chi connectivity index (χ0v) is 14.2. The molecule has 5 nitrogen and oxygen atoms in total. The molecule has 1 aromatic rings. The lowest BCUT2D eigenvalue weighted by atomic mass is 10.2. The first-order valence-corrected chi connectivity index (χ1v) is 7.62. The van der Waals surface area contributed by atoms with Gasteiger partial charge in [0, 0.05) is 24.7 Å². The Morgan fingerprint density at radius 2 is 2.14 bits per heavy atom. The summed E-state index contributed by atoms with van der Waals surface area (Å²) in [5, 5.41) is 3.26. The summed E-state index contributed by atoms with van der Waals surface area (Å²) in [6, 6.07) is 5.61. The van der Waals surface area contributed by atoms with Crippen LogP contribution in [-0.4, -0.2) is 38.9 Å². The maximum absolute atomic E-state index is 11.4. The van der Waals surface area contributed by atoms with Crippen molar-refractivity contribution in [2.75, 3.05) is 26.9 Å². The largest absolute Gasteiger partial charge is 0.482 e. The first-order valence-electron chi connectivity index (χ1n) is 6.83. The predicted octanol–water partition coefficient (Wildman–Crippen LogP) is 2.52. The van der Waals surface area contributed by atoms with E-state index in [4.69, 9.17) is 14.2 Å². The van der Waals surface area contributed by atoms with E-state index in [0.29, 0.717) is 18.9 Å². The highest BCUT2D eigenvalue weighted by molar-refractivity contribution is 9.10. The van der Waals surface area contributed by atoms with Crippen LogP contribution in [0.15, 0.2) is 22.7 Å². The molecule has 0 saturated carbocycles. The monoisotopic (exact) mass is 359 g/mol. The van der Waals surface area contributed by atoms with Crippen LogP contribution in [0, 0.1) is 0 Å². The van der Waals surface area contributed by atoms with Crippen molar-refractivity contribution in [1.82, 2.24) is 5.32 Å². The van der Waals surface area contributed by atoms with Crippen LogP contribution < -0.4 is 10.1 Å². The maximum Gasteiger partial charge on any atom is 0.344 e. The second-order valence-electron chi connectivity index (χ2n) is 4.75.